The number of carbonyl (C=O) groups excluding carboxylic acids is 1. The monoisotopic (exact) mass is 144 g/mol. The van der Waals surface area contributed by atoms with E-state index in [0.717, 1.165) is 0 Å². The molecule has 8 heavy (non-hydrogen) atoms. The molecule has 0 aliphatic heterocycles. The van der Waals surface area contributed by atoms with E-state index in [1.165, 1.54) is 0 Å². The van der Waals surface area contributed by atoms with Crippen molar-refractivity contribution in [1.29, 1.82) is 0 Å². The van der Waals surface area contributed by atoms with E-state index in [1.54, 1.807) is 0 Å². The van der Waals surface area contributed by atoms with Crippen LogP contribution in [-0.2, 0) is 15.5 Å². The molecular weight excluding hydrogens is 142 g/mol. The highest BCUT2D eigenvalue weighted by Gasteiger charge is 2.31. The zero-order valence-electron chi connectivity index (χ0n) is 3.51. The average molecular weight is 144 g/mol. The molecule has 0 heterocycles. The van der Waals surface area contributed by atoms with Crippen LogP contribution in [0.1, 0.15) is 0 Å². The summed E-state index contributed by atoms with van der Waals surface area (Å²) in [6.45, 7) is 0. The van der Waals surface area contributed by atoms with E-state index in [1.807, 2.05) is 0 Å². The number of carbonyl (C=O) groups is 1. The van der Waals surface area contributed by atoms with Gasteiger partial charge < -0.3 is 0 Å². The van der Waals surface area contributed by atoms with E-state index >= 15 is 0 Å². The SMILES string of the molecule is O=CC(F)(F)[SH](=O)=O. The Morgan fingerprint density at radius 3 is 1.75 bits per heavy atom. The van der Waals surface area contributed by atoms with E-state index in [2.05, 4.69) is 0 Å². The van der Waals surface area contributed by atoms with Gasteiger partial charge in [0.2, 0.25) is 17.0 Å². The molecule has 0 bridgehead atoms. The van der Waals surface area contributed by atoms with Crippen molar-refractivity contribution in [3.63, 3.8) is 0 Å². The number of alkyl halides is 2. The molecule has 0 N–H and O–H groups in total. The molecule has 3 nitrogen and oxygen atoms in total. The van der Waals surface area contributed by atoms with Crippen LogP contribution in [0.15, 0.2) is 0 Å². The largest absolute Gasteiger partial charge is 0.397 e. The van der Waals surface area contributed by atoms with Crippen molar-refractivity contribution in [2.75, 3.05) is 0 Å². The molecule has 0 aromatic rings. The lowest BCUT2D eigenvalue weighted by molar-refractivity contribution is -0.119. The van der Waals surface area contributed by atoms with Gasteiger partial charge in [-0.2, -0.15) is 8.78 Å². The third-order valence-corrected chi connectivity index (χ3v) is 0.977. The first-order valence-electron chi connectivity index (χ1n) is 1.49. The molecule has 0 atom stereocenters. The van der Waals surface area contributed by atoms with Crippen LogP contribution in [0.4, 0.5) is 8.78 Å². The Labute approximate surface area is 45.3 Å². The van der Waals surface area contributed by atoms with Gasteiger partial charge in [-0.1, -0.05) is 0 Å². The highest BCUT2D eigenvalue weighted by atomic mass is 32.2. The normalized spacial score (nSPS) is 11.9. The first-order chi connectivity index (χ1) is 3.50. The summed E-state index contributed by atoms with van der Waals surface area (Å²) in [6, 6.07) is 0. The highest BCUT2D eigenvalue weighted by Crippen LogP contribution is 2.08. The molecule has 0 aliphatic carbocycles. The smallest absolute Gasteiger partial charge is 0.295 e. The Morgan fingerprint density at radius 2 is 1.75 bits per heavy atom. The third-order valence-electron chi connectivity index (χ3n) is 0.385. The van der Waals surface area contributed by atoms with Crippen LogP contribution in [0.3, 0.4) is 0 Å². The van der Waals surface area contributed by atoms with Crippen LogP contribution in [-0.4, -0.2) is 20.0 Å². The van der Waals surface area contributed by atoms with Gasteiger partial charge in [0, 0.05) is 0 Å². The molecule has 0 saturated carbocycles. The number of hydrogen-bond donors (Lipinski definition) is 1. The minimum absolute atomic E-state index is 0.918. The van der Waals surface area contributed by atoms with Gasteiger partial charge in [-0.15, -0.1) is 0 Å². The molecule has 0 aliphatic rings. The zero-order valence-corrected chi connectivity index (χ0v) is 4.40. The molecule has 0 radical (unpaired) electrons. The van der Waals surface area contributed by atoms with Gasteiger partial charge in [-0.25, -0.2) is 8.42 Å². The maximum Gasteiger partial charge on any atom is 0.397 e. The average Bonchev–Trinajstić information content (AvgIpc) is 1.67. The molecule has 0 spiro atoms. The quantitative estimate of drug-likeness (QED) is 0.415. The summed E-state index contributed by atoms with van der Waals surface area (Å²) in [5.41, 5.74) is 0. The minimum atomic E-state index is -4.19. The number of aldehydes is 1. The predicted octanol–water partition coefficient (Wildman–Crippen LogP) is -0.610. The van der Waals surface area contributed by atoms with Crippen molar-refractivity contribution in [2.24, 2.45) is 0 Å². The maximum atomic E-state index is 11.3. The summed E-state index contributed by atoms with van der Waals surface area (Å²) in [4.78, 5) is 9.13. The van der Waals surface area contributed by atoms with Gasteiger partial charge in [0.15, 0.2) is 0 Å². The lowest BCUT2D eigenvalue weighted by atomic mass is 10.8. The molecule has 0 fully saturated rings. The van der Waals surface area contributed by atoms with Gasteiger partial charge in [0.25, 0.3) is 0 Å². The summed E-state index contributed by atoms with van der Waals surface area (Å²) in [5.74, 6) is 0. The first-order valence-corrected chi connectivity index (χ1v) is 2.67. The van der Waals surface area contributed by atoms with Crippen molar-refractivity contribution in [2.45, 2.75) is 5.25 Å². The van der Waals surface area contributed by atoms with Crippen molar-refractivity contribution in [3.8, 4) is 0 Å². The Morgan fingerprint density at radius 1 is 1.38 bits per heavy atom. The molecule has 0 rings (SSSR count). The molecule has 48 valence electrons. The highest BCUT2D eigenvalue weighted by molar-refractivity contribution is 7.74. The number of hydrogen-bond acceptors (Lipinski definition) is 3. The lowest BCUT2D eigenvalue weighted by Gasteiger charge is -1.93. The van der Waals surface area contributed by atoms with Crippen molar-refractivity contribution in [3.05, 3.63) is 0 Å². The van der Waals surface area contributed by atoms with E-state index < -0.39 is 22.2 Å². The van der Waals surface area contributed by atoms with Gasteiger partial charge in [0.05, 0.1) is 0 Å². The summed E-state index contributed by atoms with van der Waals surface area (Å²) >= 11 is 0. The summed E-state index contributed by atoms with van der Waals surface area (Å²) in [6.07, 6.45) is -0.918. The number of rotatable bonds is 2. The van der Waals surface area contributed by atoms with Gasteiger partial charge >= 0.3 is 5.25 Å². The fourth-order valence-corrected chi connectivity index (χ4v) is 0.129. The Balaban J connectivity index is 4.36. The molecule has 0 aromatic carbocycles. The Bertz CT molecular complexity index is 153. The third kappa shape index (κ3) is 1.53. The van der Waals surface area contributed by atoms with Crippen LogP contribution in [0.5, 0.6) is 0 Å². The van der Waals surface area contributed by atoms with Crippen molar-refractivity contribution in [1.82, 2.24) is 0 Å². The maximum absolute atomic E-state index is 11.3. The van der Waals surface area contributed by atoms with Crippen LogP contribution in [0.2, 0.25) is 0 Å². The Kier molecular flexibility index (Phi) is 2.02. The first kappa shape index (κ1) is 7.48. The molecule has 0 unspecified atom stereocenters. The standard InChI is InChI=1S/C2H2F2O3S/c3-2(4,1-5)8(6)7/h1,8H. The second-order valence-electron chi connectivity index (χ2n) is 0.963. The fraction of sp³-hybridized carbons (Fsp3) is 0.500. The van der Waals surface area contributed by atoms with Gasteiger partial charge in [-0.05, 0) is 0 Å². The molecule has 6 heteroatoms. The van der Waals surface area contributed by atoms with E-state index in [0.29, 0.717) is 0 Å². The molecule has 0 saturated heterocycles. The number of thiol groups is 1. The summed E-state index contributed by atoms with van der Waals surface area (Å²) < 4.78 is 41.2. The summed E-state index contributed by atoms with van der Waals surface area (Å²) in [5, 5.41) is -4.19. The summed E-state index contributed by atoms with van der Waals surface area (Å²) in [7, 11) is -3.95. The van der Waals surface area contributed by atoms with Gasteiger partial charge in [0.1, 0.15) is 0 Å². The fourth-order valence-electron chi connectivity index (χ4n) is 0.0430. The number of halogens is 2. The zero-order chi connectivity index (χ0) is 6.78. The van der Waals surface area contributed by atoms with Crippen molar-refractivity contribution >= 4 is 17.0 Å². The predicted molar refractivity (Wildman–Crippen MR) is 21.3 cm³/mol. The van der Waals surface area contributed by atoms with E-state index in [4.69, 9.17) is 4.79 Å². The topological polar surface area (TPSA) is 51.2 Å². The van der Waals surface area contributed by atoms with E-state index in [9.17, 15) is 17.2 Å². The molecule has 0 aromatic heterocycles. The lowest BCUT2D eigenvalue weighted by Crippen LogP contribution is -2.18. The molecular formula is C2H2F2O3S. The second-order valence-corrected chi connectivity index (χ2v) is 2.07. The van der Waals surface area contributed by atoms with Crippen LogP contribution < -0.4 is 0 Å². The Hall–Kier alpha value is -0.520. The van der Waals surface area contributed by atoms with Crippen LogP contribution in [0.25, 0.3) is 0 Å². The molecule has 0 amide bonds. The second kappa shape index (κ2) is 2.17. The minimum Gasteiger partial charge on any atom is -0.295 e. The van der Waals surface area contributed by atoms with Crippen LogP contribution in [0, 0.1) is 0 Å². The van der Waals surface area contributed by atoms with Crippen LogP contribution >= 0.6 is 0 Å². The van der Waals surface area contributed by atoms with Gasteiger partial charge in [-0.3, -0.25) is 4.79 Å². The van der Waals surface area contributed by atoms with Crippen molar-refractivity contribution < 1.29 is 22.0 Å². The van der Waals surface area contributed by atoms with E-state index in [-0.39, 0.29) is 0 Å².